The van der Waals surface area contributed by atoms with Gasteiger partial charge in [-0.05, 0) is 6.42 Å². The molecule has 2 unspecified atom stereocenters. The normalized spacial score (nSPS) is 22.0. The number of esters is 2. The molecular formula is C38H54ClNO4. The number of rotatable bonds is 16. The molecule has 2 aromatic carbocycles. The zero-order valence-electron chi connectivity index (χ0n) is 26.9. The van der Waals surface area contributed by atoms with E-state index in [0.29, 0.717) is 29.6 Å². The van der Waals surface area contributed by atoms with Gasteiger partial charge in [0.05, 0.1) is 25.2 Å². The Morgan fingerprint density at radius 3 is 1.70 bits per heavy atom. The van der Waals surface area contributed by atoms with Crippen molar-refractivity contribution in [2.45, 2.75) is 140 Å². The van der Waals surface area contributed by atoms with Crippen LogP contribution in [0.5, 0.6) is 0 Å². The van der Waals surface area contributed by atoms with Gasteiger partial charge < -0.3 is 26.4 Å². The molecule has 0 aromatic heterocycles. The van der Waals surface area contributed by atoms with Crippen LogP contribution in [0.4, 0.5) is 0 Å². The standard InChI is InChI=1S/C38H54NO4.ClH/c1-2-3-4-5-6-7-8-9-10-17-24-36(40)43-38(31-20-13-11-14-21-31,32-22-15-12-16-23-32)37(41)42-35-29-33-25-26-34(30-35)39(33)27-18-19-28-39;/h11-16,20-23,33-35H,2-10,17-19,24-30H2,1H3;1H/q+1;/p-1. The van der Waals surface area contributed by atoms with Crippen LogP contribution in [-0.2, 0) is 24.7 Å². The highest BCUT2D eigenvalue weighted by Gasteiger charge is 2.57. The van der Waals surface area contributed by atoms with E-state index in [-0.39, 0.29) is 24.5 Å². The zero-order valence-corrected chi connectivity index (χ0v) is 27.7. The van der Waals surface area contributed by atoms with Crippen molar-refractivity contribution in [2.24, 2.45) is 0 Å². The van der Waals surface area contributed by atoms with E-state index in [1.165, 1.54) is 88.2 Å². The summed E-state index contributed by atoms with van der Waals surface area (Å²) in [6.45, 7) is 4.82. The third-order valence-corrected chi connectivity index (χ3v) is 10.7. The third kappa shape index (κ3) is 7.88. The summed E-state index contributed by atoms with van der Waals surface area (Å²) in [6, 6.07) is 20.2. The molecule has 3 saturated heterocycles. The molecule has 2 aromatic rings. The molecule has 242 valence electrons. The number of carbonyl (C=O) groups is 2. The Balaban J connectivity index is 0.00000442. The minimum Gasteiger partial charge on any atom is -1.00 e. The molecule has 0 aliphatic carbocycles. The van der Waals surface area contributed by atoms with Crippen molar-refractivity contribution in [2.75, 3.05) is 13.1 Å². The number of halogens is 1. The summed E-state index contributed by atoms with van der Waals surface area (Å²) < 4.78 is 14.0. The van der Waals surface area contributed by atoms with Gasteiger partial charge in [0.1, 0.15) is 6.10 Å². The molecule has 5 nitrogen and oxygen atoms in total. The molecule has 3 fully saturated rings. The first-order valence-electron chi connectivity index (χ1n) is 17.5. The highest BCUT2D eigenvalue weighted by Crippen LogP contribution is 2.47. The van der Waals surface area contributed by atoms with E-state index < -0.39 is 11.6 Å². The Kier molecular flexibility index (Phi) is 13.2. The number of benzene rings is 2. The quantitative estimate of drug-likeness (QED) is 0.138. The van der Waals surface area contributed by atoms with Crippen molar-refractivity contribution in [3.8, 4) is 0 Å². The number of carbonyl (C=O) groups excluding carboxylic acids is 2. The third-order valence-electron chi connectivity index (χ3n) is 10.7. The molecule has 2 atom stereocenters. The molecular weight excluding hydrogens is 570 g/mol. The number of unbranched alkanes of at least 4 members (excludes halogenated alkanes) is 9. The minimum atomic E-state index is -1.62. The maximum Gasteiger partial charge on any atom is 0.360 e. The minimum absolute atomic E-state index is 0. The van der Waals surface area contributed by atoms with Crippen LogP contribution in [0.2, 0.25) is 0 Å². The van der Waals surface area contributed by atoms with Crippen molar-refractivity contribution >= 4 is 11.9 Å². The van der Waals surface area contributed by atoms with Gasteiger partial charge in [0.25, 0.3) is 5.60 Å². The molecule has 6 heteroatoms. The van der Waals surface area contributed by atoms with Crippen molar-refractivity contribution in [3.05, 3.63) is 71.8 Å². The summed E-state index contributed by atoms with van der Waals surface area (Å²) in [5.74, 6) is -0.796. The van der Waals surface area contributed by atoms with Crippen LogP contribution in [0, 0.1) is 0 Å². The highest BCUT2D eigenvalue weighted by atomic mass is 35.5. The summed E-state index contributed by atoms with van der Waals surface area (Å²) in [6.07, 6.45) is 19.1. The molecule has 0 N–H and O–H groups in total. The smallest absolute Gasteiger partial charge is 0.360 e. The molecule has 1 spiro atoms. The summed E-state index contributed by atoms with van der Waals surface area (Å²) in [5.41, 5.74) is -0.331. The van der Waals surface area contributed by atoms with Gasteiger partial charge in [-0.2, -0.15) is 0 Å². The second kappa shape index (κ2) is 16.8. The van der Waals surface area contributed by atoms with Gasteiger partial charge in [0, 0.05) is 56.1 Å². The van der Waals surface area contributed by atoms with E-state index in [1.807, 2.05) is 60.7 Å². The second-order valence-corrected chi connectivity index (χ2v) is 13.5. The lowest BCUT2D eigenvalue weighted by molar-refractivity contribution is -0.956. The van der Waals surface area contributed by atoms with Crippen molar-refractivity contribution in [1.29, 1.82) is 0 Å². The Hall–Kier alpha value is -2.37. The fourth-order valence-electron chi connectivity index (χ4n) is 8.43. The first-order chi connectivity index (χ1) is 21.1. The van der Waals surface area contributed by atoms with E-state index in [4.69, 9.17) is 9.47 Å². The summed E-state index contributed by atoms with van der Waals surface area (Å²) in [4.78, 5) is 27.9. The van der Waals surface area contributed by atoms with Gasteiger partial charge >= 0.3 is 11.9 Å². The molecule has 44 heavy (non-hydrogen) atoms. The fourth-order valence-corrected chi connectivity index (χ4v) is 8.43. The van der Waals surface area contributed by atoms with Gasteiger partial charge in [-0.1, -0.05) is 125 Å². The first-order valence-corrected chi connectivity index (χ1v) is 17.5. The molecule has 3 heterocycles. The summed E-state index contributed by atoms with van der Waals surface area (Å²) in [5, 5.41) is 0. The Morgan fingerprint density at radius 2 is 1.20 bits per heavy atom. The molecule has 5 rings (SSSR count). The predicted molar refractivity (Wildman–Crippen MR) is 171 cm³/mol. The van der Waals surface area contributed by atoms with Crippen LogP contribution in [0.3, 0.4) is 0 Å². The van der Waals surface area contributed by atoms with E-state index in [9.17, 15) is 9.59 Å². The number of quaternary nitrogens is 1. The van der Waals surface area contributed by atoms with Crippen molar-refractivity contribution < 1.29 is 36.0 Å². The maximum atomic E-state index is 14.5. The SMILES string of the molecule is CCCCCCCCCCCCC(=O)OC(C(=O)OC1CC2CCC(C1)[N+]21CCCC1)(c1ccccc1)c1ccccc1.[Cl-]. The number of hydrogen-bond donors (Lipinski definition) is 0. The maximum absolute atomic E-state index is 14.5. The van der Waals surface area contributed by atoms with Gasteiger partial charge in [-0.25, -0.2) is 4.79 Å². The van der Waals surface area contributed by atoms with Crippen molar-refractivity contribution in [1.82, 2.24) is 0 Å². The number of nitrogens with zero attached hydrogens (tertiary/aromatic N) is 1. The van der Waals surface area contributed by atoms with Crippen LogP contribution in [-0.4, -0.2) is 47.7 Å². The topological polar surface area (TPSA) is 52.6 Å². The van der Waals surface area contributed by atoms with Crippen LogP contribution >= 0.6 is 0 Å². The molecule has 2 bridgehead atoms. The van der Waals surface area contributed by atoms with E-state index in [0.717, 1.165) is 32.1 Å². The molecule has 3 aliphatic rings. The second-order valence-electron chi connectivity index (χ2n) is 13.5. The predicted octanol–water partition coefficient (Wildman–Crippen LogP) is 5.64. The average molecular weight is 624 g/mol. The van der Waals surface area contributed by atoms with Crippen LogP contribution in [0.15, 0.2) is 60.7 Å². The zero-order chi connectivity index (χ0) is 30.0. The fraction of sp³-hybridized carbons (Fsp3) is 0.632. The van der Waals surface area contributed by atoms with E-state index in [2.05, 4.69) is 6.92 Å². The van der Waals surface area contributed by atoms with Gasteiger partial charge in [0.2, 0.25) is 0 Å². The summed E-state index contributed by atoms with van der Waals surface area (Å²) >= 11 is 0. The number of hydrogen-bond acceptors (Lipinski definition) is 4. The van der Waals surface area contributed by atoms with Crippen molar-refractivity contribution in [3.63, 3.8) is 0 Å². The monoisotopic (exact) mass is 623 g/mol. The van der Waals surface area contributed by atoms with Gasteiger partial charge in [-0.3, -0.25) is 4.79 Å². The molecule has 0 radical (unpaired) electrons. The Bertz CT molecular complexity index is 1090. The average Bonchev–Trinajstić information content (AvgIpc) is 3.58. The highest BCUT2D eigenvalue weighted by molar-refractivity contribution is 5.89. The lowest BCUT2D eigenvalue weighted by Crippen LogP contribution is -3.00. The number of piperidine rings is 1. The summed E-state index contributed by atoms with van der Waals surface area (Å²) in [7, 11) is 0. The van der Waals surface area contributed by atoms with Crippen LogP contribution < -0.4 is 12.4 Å². The van der Waals surface area contributed by atoms with Crippen LogP contribution in [0.1, 0.15) is 127 Å². The largest absolute Gasteiger partial charge is 1.00 e. The van der Waals surface area contributed by atoms with E-state index in [1.54, 1.807) is 0 Å². The first kappa shape index (κ1) is 34.5. The molecule has 0 saturated carbocycles. The Labute approximate surface area is 272 Å². The molecule has 3 aliphatic heterocycles. The van der Waals surface area contributed by atoms with Gasteiger partial charge in [0.15, 0.2) is 0 Å². The van der Waals surface area contributed by atoms with Gasteiger partial charge in [-0.15, -0.1) is 0 Å². The lowest BCUT2D eigenvalue weighted by atomic mass is 9.85. The van der Waals surface area contributed by atoms with E-state index >= 15 is 0 Å². The Morgan fingerprint density at radius 1 is 0.727 bits per heavy atom. The molecule has 0 amide bonds. The number of ether oxygens (including phenoxy) is 2. The lowest BCUT2D eigenvalue weighted by Gasteiger charge is -2.47. The van der Waals surface area contributed by atoms with Crippen LogP contribution in [0.25, 0.3) is 0 Å².